The molecule has 0 unspecified atom stereocenters. The summed E-state index contributed by atoms with van der Waals surface area (Å²) in [5.41, 5.74) is 6.25. The largest absolute Gasteiger partial charge is 0.409 e. The van der Waals surface area contributed by atoms with Crippen molar-refractivity contribution in [3.8, 4) is 0 Å². The zero-order valence-corrected chi connectivity index (χ0v) is 9.87. The van der Waals surface area contributed by atoms with Gasteiger partial charge in [0.1, 0.15) is 5.82 Å². The van der Waals surface area contributed by atoms with Crippen LogP contribution >= 0.6 is 0 Å². The Balaban J connectivity index is 2.16. The molecule has 6 nitrogen and oxygen atoms in total. The summed E-state index contributed by atoms with van der Waals surface area (Å²) in [6.45, 7) is 3.94. The first-order valence-corrected chi connectivity index (χ1v) is 5.58. The topological polar surface area (TPSA) is 78.0 Å². The molecule has 1 fully saturated rings. The highest BCUT2D eigenvalue weighted by Gasteiger charge is 2.15. The molecule has 0 saturated carbocycles. The number of likely N-dealkylation sites (N-methyl/N-ethyl adjacent to an activating group) is 1. The van der Waals surface area contributed by atoms with E-state index in [4.69, 9.17) is 10.9 Å². The molecule has 0 aliphatic carbocycles. The fourth-order valence-corrected chi connectivity index (χ4v) is 1.84. The molecule has 17 heavy (non-hydrogen) atoms. The number of aromatic nitrogens is 1. The summed E-state index contributed by atoms with van der Waals surface area (Å²) in [7, 11) is 2.11. The van der Waals surface area contributed by atoms with Crippen molar-refractivity contribution in [2.45, 2.75) is 0 Å². The maximum absolute atomic E-state index is 8.65. The second kappa shape index (κ2) is 5.01. The van der Waals surface area contributed by atoms with Crippen LogP contribution in [-0.2, 0) is 0 Å². The Bertz CT molecular complexity index is 412. The summed E-state index contributed by atoms with van der Waals surface area (Å²) in [4.78, 5) is 8.80. The molecule has 0 spiro atoms. The Morgan fingerprint density at radius 2 is 2.12 bits per heavy atom. The highest BCUT2D eigenvalue weighted by Crippen LogP contribution is 2.14. The van der Waals surface area contributed by atoms with Gasteiger partial charge in [-0.2, -0.15) is 0 Å². The van der Waals surface area contributed by atoms with Gasteiger partial charge in [-0.1, -0.05) is 5.16 Å². The fraction of sp³-hybridized carbons (Fsp3) is 0.455. The maximum Gasteiger partial charge on any atom is 0.170 e. The third-order valence-corrected chi connectivity index (χ3v) is 2.98. The first kappa shape index (κ1) is 11.7. The van der Waals surface area contributed by atoms with E-state index in [0.717, 1.165) is 32.0 Å². The molecule has 0 aromatic carbocycles. The van der Waals surface area contributed by atoms with Gasteiger partial charge in [0.15, 0.2) is 5.84 Å². The van der Waals surface area contributed by atoms with Crippen molar-refractivity contribution in [1.29, 1.82) is 0 Å². The van der Waals surface area contributed by atoms with E-state index in [9.17, 15) is 0 Å². The number of nitrogens with zero attached hydrogens (tertiary/aromatic N) is 4. The lowest BCUT2D eigenvalue weighted by Crippen LogP contribution is -2.44. The molecule has 0 atom stereocenters. The Labute approximate surface area is 100 Å². The molecule has 0 bridgehead atoms. The highest BCUT2D eigenvalue weighted by atomic mass is 16.4. The number of nitrogens with two attached hydrogens (primary N) is 1. The van der Waals surface area contributed by atoms with E-state index in [1.54, 1.807) is 12.3 Å². The average molecular weight is 235 g/mol. The molecule has 1 aliphatic heterocycles. The van der Waals surface area contributed by atoms with Gasteiger partial charge in [-0.15, -0.1) is 0 Å². The second-order valence-corrected chi connectivity index (χ2v) is 4.18. The highest BCUT2D eigenvalue weighted by molar-refractivity contribution is 5.97. The summed E-state index contributed by atoms with van der Waals surface area (Å²) in [5.74, 6) is 0.991. The van der Waals surface area contributed by atoms with Crippen molar-refractivity contribution in [3.05, 3.63) is 23.9 Å². The molecule has 1 aliphatic rings. The molecule has 92 valence electrons. The lowest BCUT2D eigenvalue weighted by molar-refractivity contribution is 0.312. The summed E-state index contributed by atoms with van der Waals surface area (Å²) < 4.78 is 0. The molecule has 0 amide bonds. The summed E-state index contributed by atoms with van der Waals surface area (Å²) in [5, 5.41) is 11.6. The van der Waals surface area contributed by atoms with Crippen LogP contribution in [0, 0.1) is 0 Å². The summed E-state index contributed by atoms with van der Waals surface area (Å²) >= 11 is 0. The van der Waals surface area contributed by atoms with Crippen molar-refractivity contribution in [2.75, 3.05) is 38.1 Å². The average Bonchev–Trinajstić information content (AvgIpc) is 2.39. The van der Waals surface area contributed by atoms with E-state index in [1.165, 1.54) is 0 Å². The Morgan fingerprint density at radius 3 is 2.76 bits per heavy atom. The molecule has 2 rings (SSSR count). The Hall–Kier alpha value is -1.82. The van der Waals surface area contributed by atoms with E-state index in [2.05, 4.69) is 27.0 Å². The van der Waals surface area contributed by atoms with Crippen LogP contribution in [-0.4, -0.2) is 54.2 Å². The van der Waals surface area contributed by atoms with Crippen LogP contribution in [0.4, 0.5) is 5.82 Å². The number of hydrogen-bond acceptors (Lipinski definition) is 5. The molecule has 1 aromatic heterocycles. The number of pyridine rings is 1. The van der Waals surface area contributed by atoms with Crippen molar-refractivity contribution in [1.82, 2.24) is 9.88 Å². The molecular formula is C11H17N5O. The third kappa shape index (κ3) is 2.65. The first-order valence-electron chi connectivity index (χ1n) is 5.58. The minimum Gasteiger partial charge on any atom is -0.409 e. The van der Waals surface area contributed by atoms with Gasteiger partial charge in [-0.25, -0.2) is 4.98 Å². The van der Waals surface area contributed by atoms with E-state index in [-0.39, 0.29) is 5.84 Å². The first-order chi connectivity index (χ1) is 8.20. The summed E-state index contributed by atoms with van der Waals surface area (Å²) in [6, 6.07) is 3.58. The zero-order chi connectivity index (χ0) is 12.3. The minimum atomic E-state index is 0.114. The summed E-state index contributed by atoms with van der Waals surface area (Å²) in [6.07, 6.45) is 1.68. The molecule has 2 heterocycles. The maximum atomic E-state index is 8.65. The van der Waals surface area contributed by atoms with Gasteiger partial charge < -0.3 is 20.7 Å². The number of oxime groups is 1. The smallest absolute Gasteiger partial charge is 0.170 e. The van der Waals surface area contributed by atoms with Gasteiger partial charge in [-0.05, 0) is 19.2 Å². The Morgan fingerprint density at radius 1 is 1.41 bits per heavy atom. The fourth-order valence-electron chi connectivity index (χ4n) is 1.84. The van der Waals surface area contributed by atoms with Crippen LogP contribution in [0.1, 0.15) is 5.56 Å². The number of rotatable bonds is 2. The van der Waals surface area contributed by atoms with Crippen LogP contribution in [0.25, 0.3) is 0 Å². The number of anilines is 1. The SMILES string of the molecule is CN1CCN(c2cc(/C(N)=N/O)ccn2)CC1. The minimum absolute atomic E-state index is 0.114. The number of amidine groups is 1. The molecule has 1 saturated heterocycles. The lowest BCUT2D eigenvalue weighted by atomic mass is 10.2. The molecule has 0 radical (unpaired) electrons. The van der Waals surface area contributed by atoms with Crippen LogP contribution in [0.5, 0.6) is 0 Å². The molecule has 3 N–H and O–H groups in total. The van der Waals surface area contributed by atoms with Crippen molar-refractivity contribution in [3.63, 3.8) is 0 Å². The molecule has 1 aromatic rings. The van der Waals surface area contributed by atoms with Crippen LogP contribution < -0.4 is 10.6 Å². The predicted molar refractivity (Wildman–Crippen MR) is 66.5 cm³/mol. The van der Waals surface area contributed by atoms with Gasteiger partial charge in [0.2, 0.25) is 0 Å². The van der Waals surface area contributed by atoms with Crippen molar-refractivity contribution >= 4 is 11.7 Å². The van der Waals surface area contributed by atoms with Crippen LogP contribution in [0.15, 0.2) is 23.5 Å². The van der Waals surface area contributed by atoms with E-state index >= 15 is 0 Å². The zero-order valence-electron chi connectivity index (χ0n) is 9.87. The van der Waals surface area contributed by atoms with Crippen LogP contribution in [0.3, 0.4) is 0 Å². The van der Waals surface area contributed by atoms with Gasteiger partial charge in [0.25, 0.3) is 0 Å². The predicted octanol–water partition coefficient (Wildman–Crippen LogP) is -0.0721. The quantitative estimate of drug-likeness (QED) is 0.325. The van der Waals surface area contributed by atoms with Gasteiger partial charge in [-0.3, -0.25) is 0 Å². The third-order valence-electron chi connectivity index (χ3n) is 2.98. The van der Waals surface area contributed by atoms with E-state index in [1.807, 2.05) is 6.07 Å². The normalized spacial score (nSPS) is 18.4. The standard InChI is InChI=1S/C11H17N5O/c1-15-4-6-16(7-5-15)10-8-9(2-3-13-10)11(12)14-17/h2-3,8,17H,4-7H2,1H3,(H2,12,14). The second-order valence-electron chi connectivity index (χ2n) is 4.18. The molecule has 6 heteroatoms. The van der Waals surface area contributed by atoms with Crippen molar-refractivity contribution < 1.29 is 5.21 Å². The van der Waals surface area contributed by atoms with Gasteiger partial charge >= 0.3 is 0 Å². The van der Waals surface area contributed by atoms with Crippen LogP contribution in [0.2, 0.25) is 0 Å². The molecular weight excluding hydrogens is 218 g/mol. The van der Waals surface area contributed by atoms with Gasteiger partial charge in [0.05, 0.1) is 0 Å². The monoisotopic (exact) mass is 235 g/mol. The number of hydrogen-bond donors (Lipinski definition) is 2. The number of piperazine rings is 1. The van der Waals surface area contributed by atoms with Gasteiger partial charge in [0, 0.05) is 37.9 Å². The van der Waals surface area contributed by atoms with E-state index < -0.39 is 0 Å². The van der Waals surface area contributed by atoms with Crippen molar-refractivity contribution in [2.24, 2.45) is 10.9 Å². The Kier molecular flexibility index (Phi) is 3.43. The lowest BCUT2D eigenvalue weighted by Gasteiger charge is -2.33. The van der Waals surface area contributed by atoms with E-state index in [0.29, 0.717) is 5.56 Å².